The number of benzene rings is 1. The van der Waals surface area contributed by atoms with E-state index in [9.17, 15) is 17.6 Å². The molecule has 1 fully saturated rings. The number of hydrogen-bond acceptors (Lipinski definition) is 4. The Morgan fingerprint density at radius 2 is 2.19 bits per heavy atom. The van der Waals surface area contributed by atoms with Gasteiger partial charge in [0.2, 0.25) is 10.0 Å². The van der Waals surface area contributed by atoms with Crippen molar-refractivity contribution in [3.63, 3.8) is 0 Å². The Hall–Kier alpha value is -1.03. The molecule has 0 aliphatic carbocycles. The first-order valence-corrected chi connectivity index (χ1v) is 8.53. The molecule has 0 spiro atoms. The second-order valence-corrected chi connectivity index (χ2v) is 7.02. The molecule has 1 unspecified atom stereocenters. The highest BCUT2D eigenvalue weighted by Crippen LogP contribution is 2.27. The van der Waals surface area contributed by atoms with Crippen molar-refractivity contribution in [3.8, 4) is 0 Å². The zero-order chi connectivity index (χ0) is 15.6. The fourth-order valence-electron chi connectivity index (χ4n) is 2.05. The molecule has 0 bridgehead atoms. The summed E-state index contributed by atoms with van der Waals surface area (Å²) in [5.41, 5.74) is -0.121. The maximum atomic E-state index is 13.5. The van der Waals surface area contributed by atoms with Crippen LogP contribution in [0.1, 0.15) is 23.2 Å². The Morgan fingerprint density at radius 1 is 1.48 bits per heavy atom. The summed E-state index contributed by atoms with van der Waals surface area (Å²) in [5.74, 6) is -1.44. The number of primary sulfonamides is 1. The smallest absolute Gasteiger partial charge is 0.252 e. The maximum absolute atomic E-state index is 13.5. The number of nitrogens with two attached hydrogens (primary N) is 1. The Kier molecular flexibility index (Phi) is 4.97. The molecule has 1 heterocycles. The number of halogens is 2. The van der Waals surface area contributed by atoms with Crippen molar-refractivity contribution < 1.29 is 22.3 Å². The summed E-state index contributed by atoms with van der Waals surface area (Å²) < 4.78 is 41.5. The Bertz CT molecular complexity index is 659. The number of hydrogen-bond donors (Lipinski definition) is 2. The first-order chi connectivity index (χ1) is 9.79. The van der Waals surface area contributed by atoms with Crippen molar-refractivity contribution in [3.05, 3.63) is 28.0 Å². The lowest BCUT2D eigenvalue weighted by Crippen LogP contribution is -2.40. The van der Waals surface area contributed by atoms with E-state index in [0.717, 1.165) is 25.0 Å². The molecule has 1 aromatic rings. The highest BCUT2D eigenvalue weighted by Gasteiger charge is 2.23. The summed E-state index contributed by atoms with van der Waals surface area (Å²) >= 11 is 3.00. The second-order valence-electron chi connectivity index (χ2n) is 4.70. The summed E-state index contributed by atoms with van der Waals surface area (Å²) in [4.78, 5) is 11.7. The van der Waals surface area contributed by atoms with Gasteiger partial charge in [-0.2, -0.15) is 0 Å². The van der Waals surface area contributed by atoms with E-state index in [1.54, 1.807) is 0 Å². The minimum atomic E-state index is -4.14. The third-order valence-corrected chi connectivity index (χ3v) is 5.10. The molecule has 9 heteroatoms. The van der Waals surface area contributed by atoms with Gasteiger partial charge in [-0.3, -0.25) is 4.79 Å². The van der Waals surface area contributed by atoms with Crippen LogP contribution >= 0.6 is 15.9 Å². The first-order valence-electron chi connectivity index (χ1n) is 6.19. The van der Waals surface area contributed by atoms with Crippen LogP contribution < -0.4 is 10.5 Å². The number of sulfonamides is 1. The topological polar surface area (TPSA) is 98.5 Å². The molecule has 1 amide bonds. The molecule has 116 valence electrons. The van der Waals surface area contributed by atoms with Gasteiger partial charge in [0.15, 0.2) is 0 Å². The van der Waals surface area contributed by atoms with Crippen molar-refractivity contribution in [1.29, 1.82) is 0 Å². The van der Waals surface area contributed by atoms with Gasteiger partial charge in [0.25, 0.3) is 5.91 Å². The highest BCUT2D eigenvalue weighted by atomic mass is 79.9. The number of carbonyl (C=O) groups is 1. The third-order valence-electron chi connectivity index (χ3n) is 3.05. The Morgan fingerprint density at radius 3 is 2.76 bits per heavy atom. The van der Waals surface area contributed by atoms with Gasteiger partial charge in [-0.05, 0) is 40.9 Å². The lowest BCUT2D eigenvalue weighted by Gasteiger charge is -2.23. The van der Waals surface area contributed by atoms with Gasteiger partial charge in [0, 0.05) is 6.61 Å². The zero-order valence-electron chi connectivity index (χ0n) is 10.9. The quantitative estimate of drug-likeness (QED) is 0.821. The van der Waals surface area contributed by atoms with Gasteiger partial charge in [-0.25, -0.2) is 17.9 Å². The minimum absolute atomic E-state index is 0.0550. The number of rotatable bonds is 3. The standard InChI is InChI=1S/C12H14BrFN2O4S/c13-11-9(4-7(14)5-10(11)21(15,18)19)12(17)16-8-2-1-3-20-6-8/h4-5,8H,1-3,6H2,(H,16,17)(H2,15,18,19). The molecule has 0 saturated carbocycles. The molecular weight excluding hydrogens is 367 g/mol. The van der Waals surface area contributed by atoms with Gasteiger partial charge >= 0.3 is 0 Å². The van der Waals surface area contributed by atoms with Crippen LogP contribution in [0, 0.1) is 5.82 Å². The predicted molar refractivity (Wildman–Crippen MR) is 76.8 cm³/mol. The zero-order valence-corrected chi connectivity index (χ0v) is 13.3. The summed E-state index contributed by atoms with van der Waals surface area (Å²) in [6.45, 7) is 1.02. The summed E-state index contributed by atoms with van der Waals surface area (Å²) in [5, 5.41) is 7.69. The first kappa shape index (κ1) is 16.3. The van der Waals surface area contributed by atoms with Gasteiger partial charge < -0.3 is 10.1 Å². The van der Waals surface area contributed by atoms with Crippen LogP contribution in [0.4, 0.5) is 4.39 Å². The van der Waals surface area contributed by atoms with Crippen LogP contribution in [0.25, 0.3) is 0 Å². The van der Waals surface area contributed by atoms with Crippen LogP contribution in [0.5, 0.6) is 0 Å². The number of nitrogens with one attached hydrogen (secondary N) is 1. The van der Waals surface area contributed by atoms with Crippen molar-refractivity contribution in [2.45, 2.75) is 23.8 Å². The molecule has 1 aliphatic heterocycles. The molecule has 1 saturated heterocycles. The van der Waals surface area contributed by atoms with Crippen molar-refractivity contribution in [2.24, 2.45) is 5.14 Å². The largest absolute Gasteiger partial charge is 0.379 e. The summed E-state index contributed by atoms with van der Waals surface area (Å²) in [6, 6.07) is 1.54. The van der Waals surface area contributed by atoms with Crippen LogP contribution in [0.2, 0.25) is 0 Å². The maximum Gasteiger partial charge on any atom is 0.252 e. The van der Waals surface area contributed by atoms with Crippen LogP contribution in [-0.2, 0) is 14.8 Å². The van der Waals surface area contributed by atoms with E-state index < -0.39 is 26.6 Å². The van der Waals surface area contributed by atoms with Gasteiger partial charge in [0.05, 0.1) is 27.6 Å². The average Bonchev–Trinajstić information content (AvgIpc) is 2.40. The summed E-state index contributed by atoms with van der Waals surface area (Å²) in [7, 11) is -4.14. The second kappa shape index (κ2) is 6.39. The van der Waals surface area contributed by atoms with Gasteiger partial charge in [0.1, 0.15) is 5.82 Å². The van der Waals surface area contributed by atoms with Gasteiger partial charge in [-0.15, -0.1) is 0 Å². The minimum Gasteiger partial charge on any atom is -0.379 e. The SMILES string of the molecule is NS(=O)(=O)c1cc(F)cc(C(=O)NC2CCCOC2)c1Br. The number of amides is 1. The van der Waals surface area contributed by atoms with Gasteiger partial charge in [-0.1, -0.05) is 0 Å². The molecule has 0 radical (unpaired) electrons. The third kappa shape index (κ3) is 4.00. The van der Waals surface area contributed by atoms with Crippen LogP contribution in [0.15, 0.2) is 21.5 Å². The molecule has 3 N–H and O–H groups in total. The molecule has 1 atom stereocenters. The molecule has 1 aliphatic rings. The number of carbonyl (C=O) groups excluding carboxylic acids is 1. The predicted octanol–water partition coefficient (Wildman–Crippen LogP) is 1.14. The normalized spacial score (nSPS) is 19.3. The Balaban J connectivity index is 2.30. The summed E-state index contributed by atoms with van der Waals surface area (Å²) in [6.07, 6.45) is 1.57. The monoisotopic (exact) mass is 380 g/mol. The average molecular weight is 381 g/mol. The van der Waals surface area contributed by atoms with E-state index in [2.05, 4.69) is 21.2 Å². The molecule has 6 nitrogen and oxygen atoms in total. The molecule has 0 aromatic heterocycles. The van der Waals surface area contributed by atoms with E-state index in [1.165, 1.54) is 0 Å². The fourth-order valence-corrected chi connectivity index (χ4v) is 3.78. The van der Waals surface area contributed by atoms with E-state index in [1.807, 2.05) is 0 Å². The molecular formula is C12H14BrFN2O4S. The van der Waals surface area contributed by atoms with E-state index in [0.29, 0.717) is 13.2 Å². The molecule has 2 rings (SSSR count). The molecule has 21 heavy (non-hydrogen) atoms. The van der Waals surface area contributed by atoms with E-state index in [4.69, 9.17) is 9.88 Å². The lowest BCUT2D eigenvalue weighted by atomic mass is 10.1. The fraction of sp³-hybridized carbons (Fsp3) is 0.417. The van der Waals surface area contributed by atoms with Crippen molar-refractivity contribution in [1.82, 2.24) is 5.32 Å². The van der Waals surface area contributed by atoms with E-state index >= 15 is 0 Å². The van der Waals surface area contributed by atoms with Crippen molar-refractivity contribution >= 4 is 31.9 Å². The van der Waals surface area contributed by atoms with Crippen LogP contribution in [-0.4, -0.2) is 33.6 Å². The highest BCUT2D eigenvalue weighted by molar-refractivity contribution is 9.10. The Labute approximate surface area is 130 Å². The van der Waals surface area contributed by atoms with E-state index in [-0.39, 0.29) is 16.1 Å². The van der Waals surface area contributed by atoms with Crippen molar-refractivity contribution in [2.75, 3.05) is 13.2 Å². The lowest BCUT2D eigenvalue weighted by molar-refractivity contribution is 0.0623. The number of ether oxygens (including phenoxy) is 1. The molecule has 1 aromatic carbocycles. The van der Waals surface area contributed by atoms with Crippen LogP contribution in [0.3, 0.4) is 0 Å².